The molecule has 3 aromatic rings. The van der Waals surface area contributed by atoms with Gasteiger partial charge < -0.3 is 4.74 Å². The van der Waals surface area contributed by atoms with Crippen molar-refractivity contribution < 1.29 is 13.5 Å². The molecule has 0 fully saturated rings. The Morgan fingerprint density at radius 2 is 2.08 bits per heavy atom. The third-order valence-electron chi connectivity index (χ3n) is 3.77. The molecule has 5 nitrogen and oxygen atoms in total. The minimum atomic E-state index is -2.86. The number of anilines is 1. The lowest BCUT2D eigenvalue weighted by Gasteiger charge is -2.07. The van der Waals surface area contributed by atoms with Crippen LogP contribution in [0.15, 0.2) is 35.7 Å². The van der Waals surface area contributed by atoms with Crippen LogP contribution in [0.2, 0.25) is 0 Å². The predicted molar refractivity (Wildman–Crippen MR) is 95.8 cm³/mol. The van der Waals surface area contributed by atoms with Crippen molar-refractivity contribution in [2.45, 2.75) is 27.4 Å². The van der Waals surface area contributed by atoms with Gasteiger partial charge in [-0.25, -0.2) is 9.97 Å². The summed E-state index contributed by atoms with van der Waals surface area (Å²) in [7, 11) is 0. The van der Waals surface area contributed by atoms with Crippen molar-refractivity contribution >= 4 is 33.1 Å². The maximum atomic E-state index is 12.3. The van der Waals surface area contributed by atoms with Crippen LogP contribution in [0, 0.1) is 13.8 Å². The summed E-state index contributed by atoms with van der Waals surface area (Å²) in [4.78, 5) is 10.6. The van der Waals surface area contributed by atoms with Crippen molar-refractivity contribution in [1.82, 2.24) is 9.97 Å². The molecular formula is C17H16F2N4OS. The summed E-state index contributed by atoms with van der Waals surface area (Å²) in [6.45, 7) is 2.97. The van der Waals surface area contributed by atoms with Crippen LogP contribution in [0.25, 0.3) is 10.2 Å². The lowest BCUT2D eigenvalue weighted by atomic mass is 10.1. The highest BCUT2D eigenvalue weighted by Crippen LogP contribution is 2.32. The molecule has 0 saturated carbocycles. The maximum Gasteiger partial charge on any atom is 0.387 e. The van der Waals surface area contributed by atoms with Crippen LogP contribution >= 0.6 is 11.3 Å². The topological polar surface area (TPSA) is 59.4 Å². The van der Waals surface area contributed by atoms with Gasteiger partial charge in [-0.15, -0.1) is 11.3 Å². The Morgan fingerprint density at radius 3 is 2.84 bits per heavy atom. The van der Waals surface area contributed by atoms with Gasteiger partial charge in [-0.1, -0.05) is 12.1 Å². The quantitative estimate of drug-likeness (QED) is 0.526. The lowest BCUT2D eigenvalue weighted by Crippen LogP contribution is -2.04. The van der Waals surface area contributed by atoms with Crippen LogP contribution in [-0.4, -0.2) is 22.3 Å². The van der Waals surface area contributed by atoms with E-state index in [1.807, 2.05) is 13.8 Å². The summed E-state index contributed by atoms with van der Waals surface area (Å²) in [6.07, 6.45) is 1.49. The number of thiophene rings is 1. The van der Waals surface area contributed by atoms with E-state index in [-0.39, 0.29) is 5.75 Å². The SMILES string of the molecule is CC(=NNc1ncnc2sc(C)c(C)c12)c1cccc(OC(F)F)c1. The van der Waals surface area contributed by atoms with E-state index in [9.17, 15) is 8.78 Å². The number of rotatable bonds is 5. The molecule has 0 saturated heterocycles. The van der Waals surface area contributed by atoms with Crippen LogP contribution in [0.3, 0.4) is 0 Å². The highest BCUT2D eigenvalue weighted by atomic mass is 32.1. The molecule has 0 radical (unpaired) electrons. The molecule has 8 heteroatoms. The molecule has 0 amide bonds. The second-order valence-corrected chi connectivity index (χ2v) is 6.60. The number of ether oxygens (including phenoxy) is 1. The Hall–Kier alpha value is -2.61. The van der Waals surface area contributed by atoms with Crippen LogP contribution < -0.4 is 10.2 Å². The van der Waals surface area contributed by atoms with Gasteiger partial charge in [0.25, 0.3) is 0 Å². The highest BCUT2D eigenvalue weighted by Gasteiger charge is 2.12. The number of fused-ring (bicyclic) bond motifs is 1. The predicted octanol–water partition coefficient (Wildman–Crippen LogP) is 4.75. The van der Waals surface area contributed by atoms with E-state index in [0.29, 0.717) is 17.1 Å². The van der Waals surface area contributed by atoms with Gasteiger partial charge in [0, 0.05) is 10.4 Å². The number of halogens is 2. The second-order valence-electron chi connectivity index (χ2n) is 5.40. The van der Waals surface area contributed by atoms with E-state index in [4.69, 9.17) is 0 Å². The van der Waals surface area contributed by atoms with Crippen LogP contribution in [0.1, 0.15) is 22.9 Å². The van der Waals surface area contributed by atoms with Crippen molar-refractivity contribution in [3.05, 3.63) is 46.6 Å². The molecule has 0 aliphatic carbocycles. The molecule has 2 heterocycles. The summed E-state index contributed by atoms with van der Waals surface area (Å²) < 4.78 is 29.1. The fourth-order valence-corrected chi connectivity index (χ4v) is 3.36. The minimum Gasteiger partial charge on any atom is -0.435 e. The number of aryl methyl sites for hydroxylation is 2. The Morgan fingerprint density at radius 1 is 1.28 bits per heavy atom. The van der Waals surface area contributed by atoms with Gasteiger partial charge >= 0.3 is 6.61 Å². The number of benzene rings is 1. The van der Waals surface area contributed by atoms with Crippen LogP contribution in [0.4, 0.5) is 14.6 Å². The number of hydrogen-bond acceptors (Lipinski definition) is 6. The molecule has 1 N–H and O–H groups in total. The van der Waals surface area contributed by atoms with Gasteiger partial charge in [-0.05, 0) is 38.5 Å². The summed E-state index contributed by atoms with van der Waals surface area (Å²) in [5.74, 6) is 0.710. The zero-order valence-electron chi connectivity index (χ0n) is 13.9. The largest absolute Gasteiger partial charge is 0.435 e. The number of nitrogens with one attached hydrogen (secondary N) is 1. The molecule has 0 aliphatic rings. The first-order valence-corrected chi connectivity index (χ1v) is 8.33. The molecule has 2 aromatic heterocycles. The van der Waals surface area contributed by atoms with Crippen LogP contribution in [0.5, 0.6) is 5.75 Å². The maximum absolute atomic E-state index is 12.3. The fraction of sp³-hybridized carbons (Fsp3) is 0.235. The van der Waals surface area contributed by atoms with Gasteiger partial charge in [-0.2, -0.15) is 13.9 Å². The van der Waals surface area contributed by atoms with Crippen molar-refractivity contribution in [1.29, 1.82) is 0 Å². The van der Waals surface area contributed by atoms with Gasteiger partial charge in [0.05, 0.1) is 11.1 Å². The molecule has 130 valence electrons. The molecule has 0 unspecified atom stereocenters. The van der Waals surface area contributed by atoms with E-state index < -0.39 is 6.61 Å². The Balaban J connectivity index is 1.87. The molecule has 0 bridgehead atoms. The van der Waals surface area contributed by atoms with Gasteiger partial charge in [0.2, 0.25) is 0 Å². The molecule has 0 aliphatic heterocycles. The highest BCUT2D eigenvalue weighted by molar-refractivity contribution is 7.18. The van der Waals surface area contributed by atoms with Gasteiger partial charge in [-0.3, -0.25) is 5.43 Å². The molecule has 25 heavy (non-hydrogen) atoms. The first-order valence-electron chi connectivity index (χ1n) is 7.52. The third-order valence-corrected chi connectivity index (χ3v) is 4.89. The Kier molecular flexibility index (Phi) is 4.89. The van der Waals surface area contributed by atoms with Gasteiger partial charge in [0.15, 0.2) is 5.82 Å². The molecular weight excluding hydrogens is 346 g/mol. The van der Waals surface area contributed by atoms with Crippen molar-refractivity contribution in [2.75, 3.05) is 5.43 Å². The normalized spacial score (nSPS) is 12.0. The van der Waals surface area contributed by atoms with E-state index >= 15 is 0 Å². The van der Waals surface area contributed by atoms with Crippen molar-refractivity contribution in [3.8, 4) is 5.75 Å². The standard InChI is InChI=1S/C17H16F2N4OS/c1-9-11(3)25-16-14(9)15(20-8-21-16)23-22-10(2)12-5-4-6-13(7-12)24-17(18)19/h4-8,17H,1-3H3,(H,20,21,23). The van der Waals surface area contributed by atoms with Gasteiger partial charge in [0.1, 0.15) is 16.9 Å². The third kappa shape index (κ3) is 3.74. The Bertz CT molecular complexity index is 940. The van der Waals surface area contributed by atoms with E-state index in [0.717, 1.165) is 15.8 Å². The number of aromatic nitrogens is 2. The number of alkyl halides is 2. The van der Waals surface area contributed by atoms with Crippen LogP contribution in [-0.2, 0) is 0 Å². The summed E-state index contributed by atoms with van der Waals surface area (Å²) in [5, 5.41) is 5.26. The van der Waals surface area contributed by atoms with E-state index in [1.54, 1.807) is 30.4 Å². The molecule has 3 rings (SSSR count). The zero-order valence-corrected chi connectivity index (χ0v) is 14.7. The first-order chi connectivity index (χ1) is 12.0. The first kappa shape index (κ1) is 17.2. The summed E-state index contributed by atoms with van der Waals surface area (Å²) >= 11 is 1.60. The van der Waals surface area contributed by atoms with Crippen molar-refractivity contribution in [3.63, 3.8) is 0 Å². The summed E-state index contributed by atoms with van der Waals surface area (Å²) in [5.41, 5.74) is 5.37. The van der Waals surface area contributed by atoms with Crippen molar-refractivity contribution in [2.24, 2.45) is 5.10 Å². The smallest absolute Gasteiger partial charge is 0.387 e. The number of nitrogens with zero attached hydrogens (tertiary/aromatic N) is 3. The summed E-state index contributed by atoms with van der Waals surface area (Å²) in [6, 6.07) is 6.40. The molecule has 1 aromatic carbocycles. The number of hydrogen-bond donors (Lipinski definition) is 1. The lowest BCUT2D eigenvalue weighted by molar-refractivity contribution is -0.0498. The van der Waals surface area contributed by atoms with E-state index in [2.05, 4.69) is 25.2 Å². The average Bonchev–Trinajstić information content (AvgIpc) is 2.87. The minimum absolute atomic E-state index is 0.0933. The monoisotopic (exact) mass is 362 g/mol. The molecule has 0 atom stereocenters. The number of hydrazone groups is 1. The molecule has 0 spiro atoms. The van der Waals surface area contributed by atoms with E-state index in [1.165, 1.54) is 23.3 Å². The Labute approximate surface area is 147 Å². The second kappa shape index (κ2) is 7.10. The average molecular weight is 362 g/mol. The zero-order chi connectivity index (χ0) is 18.0. The fourth-order valence-electron chi connectivity index (χ4n) is 2.37.